The second kappa shape index (κ2) is 17.0. The van der Waals surface area contributed by atoms with Crippen molar-refractivity contribution in [2.45, 2.75) is 12.4 Å². The molecule has 2 nitrogen and oxygen atoms in total. The zero-order valence-corrected chi connectivity index (χ0v) is 29.2. The summed E-state index contributed by atoms with van der Waals surface area (Å²) in [5, 5.41) is 0. The molecule has 0 saturated heterocycles. The molecule has 6 aromatic rings. The second-order valence-corrected chi connectivity index (χ2v) is 12.4. The maximum Gasteiger partial charge on any atom is 0.200 e. The average Bonchev–Trinajstić information content (AvgIpc) is 3.24. The molecule has 0 spiro atoms. The zero-order chi connectivity index (χ0) is 44.9. The fourth-order valence-electron chi connectivity index (χ4n) is 6.32. The maximum atomic E-state index is 15.4. The Morgan fingerprint density at radius 2 is 0.667 bits per heavy atom. The van der Waals surface area contributed by atoms with Gasteiger partial charge in [-0.15, -0.1) is 33.5 Å². The first kappa shape index (κ1) is 45.2. The number of benzene rings is 5. The molecule has 316 valence electrons. The van der Waals surface area contributed by atoms with Crippen LogP contribution < -0.4 is 26.4 Å². The third-order valence-corrected chi connectivity index (χ3v) is 9.14. The Labute approximate surface area is 325 Å². The van der Waals surface area contributed by atoms with Gasteiger partial charge >= 0.3 is 0 Å². The highest BCUT2D eigenvalue weighted by Crippen LogP contribution is 2.30. The Morgan fingerprint density at radius 3 is 0.933 bits per heavy atom. The molecule has 0 amide bonds. The quantitative estimate of drug-likeness (QED) is 0.0397. The molecule has 0 unspecified atom stereocenters. The van der Waals surface area contributed by atoms with Gasteiger partial charge in [0.2, 0.25) is 0 Å². The van der Waals surface area contributed by atoms with Crippen LogP contribution >= 0.6 is 11.6 Å². The fraction of sp³-hybridized carbons (Fsp3) is 0.0556. The summed E-state index contributed by atoms with van der Waals surface area (Å²) in [4.78, 5) is 4.15. The van der Waals surface area contributed by atoms with Gasteiger partial charge in [0.1, 0.15) is 58.4 Å². The molecule has 0 saturated carbocycles. The van der Waals surface area contributed by atoms with Crippen molar-refractivity contribution in [2.24, 2.45) is 0 Å². The number of rotatable bonds is 7. The Kier molecular flexibility index (Phi) is 12.8. The summed E-state index contributed by atoms with van der Waals surface area (Å²) in [6, 6.07) is 10.3. The first-order chi connectivity index (χ1) is 28.1. The molecule has 0 aliphatic rings. The van der Waals surface area contributed by atoms with Gasteiger partial charge in [0.15, 0.2) is 88.7 Å². The highest BCUT2D eigenvalue weighted by Gasteiger charge is 2.52. The monoisotopic (exact) mass is 898 g/mol. The number of hydrogen-bond acceptors (Lipinski definition) is 1. The summed E-state index contributed by atoms with van der Waals surface area (Å²) in [7, 11) is 0. The SMILES string of the molecule is ClCc1c[n+](Cc2ccccc2)ccn1.Fc1c(F)c(F)c([B-](c2c(F)c(F)c(F)c(F)c2F)(c2c(F)c(F)c(F)c(F)c2F)c2c(F)c(F)c(F)c(F)c2F)c(F)c1F. The van der Waals surface area contributed by atoms with E-state index in [1.54, 1.807) is 6.20 Å². The number of aromatic nitrogens is 2. The van der Waals surface area contributed by atoms with E-state index in [4.69, 9.17) is 11.6 Å². The van der Waals surface area contributed by atoms with Gasteiger partial charge in [-0.1, -0.05) is 30.3 Å². The van der Waals surface area contributed by atoms with Gasteiger partial charge in [0.25, 0.3) is 0 Å². The van der Waals surface area contributed by atoms with E-state index in [0.29, 0.717) is 5.88 Å². The van der Waals surface area contributed by atoms with Gasteiger partial charge < -0.3 is 0 Å². The Morgan fingerprint density at radius 1 is 0.400 bits per heavy atom. The molecular formula is C36H12BClF20N2. The predicted molar refractivity (Wildman–Crippen MR) is 169 cm³/mol. The maximum absolute atomic E-state index is 15.4. The lowest BCUT2D eigenvalue weighted by Crippen LogP contribution is -2.81. The molecule has 5 aromatic carbocycles. The lowest BCUT2D eigenvalue weighted by Gasteiger charge is -2.44. The number of halogens is 21. The van der Waals surface area contributed by atoms with Crippen molar-refractivity contribution in [2.75, 3.05) is 0 Å². The molecule has 0 fully saturated rings. The molecule has 1 heterocycles. The smallest absolute Gasteiger partial charge is 0.200 e. The van der Waals surface area contributed by atoms with Crippen molar-refractivity contribution in [1.29, 1.82) is 0 Å². The minimum Gasteiger partial charge on any atom is -0.248 e. The van der Waals surface area contributed by atoms with E-state index in [1.165, 1.54) is 5.56 Å². The van der Waals surface area contributed by atoms with Crippen LogP contribution in [0.25, 0.3) is 0 Å². The summed E-state index contributed by atoms with van der Waals surface area (Å²) in [5.41, 5.74) is -12.2. The van der Waals surface area contributed by atoms with Crippen LogP contribution in [0.3, 0.4) is 0 Å². The molecule has 0 atom stereocenters. The summed E-state index contributed by atoms with van der Waals surface area (Å²) in [6.07, 6.45) is -1.52. The lowest BCUT2D eigenvalue weighted by molar-refractivity contribution is -0.689. The predicted octanol–water partition coefficient (Wildman–Crippen LogP) is 8.00. The third kappa shape index (κ3) is 7.14. The second-order valence-electron chi connectivity index (χ2n) is 12.1. The van der Waals surface area contributed by atoms with Crippen molar-refractivity contribution >= 4 is 39.6 Å². The Hall–Kier alpha value is -5.87. The first-order valence-corrected chi connectivity index (χ1v) is 16.3. The zero-order valence-electron chi connectivity index (χ0n) is 28.4. The highest BCUT2D eigenvalue weighted by molar-refractivity contribution is 7.20. The molecule has 0 aliphatic heterocycles. The fourth-order valence-corrected chi connectivity index (χ4v) is 6.46. The molecular weight excluding hydrogens is 887 g/mol. The van der Waals surface area contributed by atoms with Crippen LogP contribution in [0.15, 0.2) is 48.9 Å². The lowest BCUT2D eigenvalue weighted by atomic mass is 9.12. The molecule has 0 bridgehead atoms. The highest BCUT2D eigenvalue weighted by atomic mass is 35.5. The van der Waals surface area contributed by atoms with Crippen molar-refractivity contribution < 1.29 is 92.4 Å². The normalized spacial score (nSPS) is 11.6. The van der Waals surface area contributed by atoms with Gasteiger partial charge in [-0.3, -0.25) is 0 Å². The first-order valence-electron chi connectivity index (χ1n) is 15.8. The minimum absolute atomic E-state index is 0.454. The van der Waals surface area contributed by atoms with Crippen LogP contribution in [0.5, 0.6) is 0 Å². The van der Waals surface area contributed by atoms with E-state index in [0.717, 1.165) is 12.2 Å². The summed E-state index contributed by atoms with van der Waals surface area (Å²) in [6.45, 7) is 0.854. The average molecular weight is 899 g/mol. The van der Waals surface area contributed by atoms with Crippen LogP contribution in [0.1, 0.15) is 11.3 Å². The van der Waals surface area contributed by atoms with E-state index < -0.39 is 144 Å². The van der Waals surface area contributed by atoms with Crippen molar-refractivity contribution in [3.05, 3.63) is 177 Å². The van der Waals surface area contributed by atoms with E-state index in [2.05, 4.69) is 21.7 Å². The molecule has 6 rings (SSSR count). The van der Waals surface area contributed by atoms with E-state index in [-0.39, 0.29) is 0 Å². The molecule has 60 heavy (non-hydrogen) atoms. The van der Waals surface area contributed by atoms with Crippen LogP contribution in [-0.2, 0) is 12.4 Å². The standard InChI is InChI=1S/C24BF20.C12H12ClN2/c26-5-1(6(27)14(35)21(42)13(5)34)25(2-7(28)15(36)22(43)16(37)8(2)29,3-9(30)17(38)23(44)18(39)10(3)31)4-11(32)19(40)24(45)20(41)12(4)33;13-8-12-10-15(7-6-14-12)9-11-4-2-1-3-5-11/h;1-7,10H,8-9H2/q-1;+1. The molecule has 24 heteroatoms. The third-order valence-electron chi connectivity index (χ3n) is 8.87. The largest absolute Gasteiger partial charge is 0.248 e. The Bertz CT molecular complexity index is 2300. The number of alkyl halides is 1. The van der Waals surface area contributed by atoms with Crippen LogP contribution in [0.4, 0.5) is 87.8 Å². The van der Waals surface area contributed by atoms with Crippen LogP contribution in [0.2, 0.25) is 0 Å². The molecule has 1 aromatic heterocycles. The van der Waals surface area contributed by atoms with Gasteiger partial charge in [-0.25, -0.2) is 92.8 Å². The van der Waals surface area contributed by atoms with Gasteiger partial charge in [0, 0.05) is 5.56 Å². The summed E-state index contributed by atoms with van der Waals surface area (Å²) >= 11 is 5.73. The van der Waals surface area contributed by atoms with E-state index in [9.17, 15) is 52.7 Å². The van der Waals surface area contributed by atoms with E-state index >= 15 is 35.1 Å². The molecule has 0 N–H and O–H groups in total. The van der Waals surface area contributed by atoms with Crippen molar-refractivity contribution in [3.8, 4) is 0 Å². The van der Waals surface area contributed by atoms with Crippen molar-refractivity contribution in [1.82, 2.24) is 4.98 Å². The van der Waals surface area contributed by atoms with Crippen molar-refractivity contribution in [3.63, 3.8) is 0 Å². The van der Waals surface area contributed by atoms with E-state index in [1.807, 2.05) is 30.6 Å². The Balaban J connectivity index is 0.000000379. The minimum atomic E-state index is -7.22. The van der Waals surface area contributed by atoms with Gasteiger partial charge in [-0.2, -0.15) is 4.57 Å². The number of nitrogens with zero attached hydrogens (tertiary/aromatic N) is 2. The van der Waals surface area contributed by atoms with Gasteiger partial charge in [0.05, 0.1) is 12.1 Å². The van der Waals surface area contributed by atoms with Gasteiger partial charge in [-0.05, 0) is 0 Å². The summed E-state index contributed by atoms with van der Waals surface area (Å²) < 4.78 is 296. The summed E-state index contributed by atoms with van der Waals surface area (Å²) in [5.74, 6) is -71.0. The molecule has 0 radical (unpaired) electrons. The number of hydrogen-bond donors (Lipinski definition) is 0. The molecule has 0 aliphatic carbocycles. The van der Waals surface area contributed by atoms with Crippen LogP contribution in [-0.4, -0.2) is 11.1 Å². The van der Waals surface area contributed by atoms with Crippen LogP contribution in [0, 0.1) is 116 Å². The topological polar surface area (TPSA) is 16.8 Å².